The quantitative estimate of drug-likeness (QED) is 0.899. The van der Waals surface area contributed by atoms with Gasteiger partial charge in [0.05, 0.1) is 12.0 Å². The molecule has 1 fully saturated rings. The Morgan fingerprint density at radius 1 is 1.40 bits per heavy atom. The van der Waals surface area contributed by atoms with Gasteiger partial charge in [0.1, 0.15) is 0 Å². The van der Waals surface area contributed by atoms with Crippen molar-refractivity contribution in [1.29, 1.82) is 0 Å². The molecule has 0 spiro atoms. The van der Waals surface area contributed by atoms with Gasteiger partial charge in [0.15, 0.2) is 0 Å². The van der Waals surface area contributed by atoms with Gasteiger partial charge in [-0.05, 0) is 24.1 Å². The highest BCUT2D eigenvalue weighted by atomic mass is 79.9. The Morgan fingerprint density at radius 2 is 2.07 bits per heavy atom. The molecule has 1 aromatic carbocycles. The van der Waals surface area contributed by atoms with E-state index in [4.69, 9.17) is 9.84 Å². The Bertz CT molecular complexity index is 361. The fourth-order valence-corrected chi connectivity index (χ4v) is 2.09. The Hall–Kier alpha value is -0.870. The van der Waals surface area contributed by atoms with Crippen LogP contribution in [0.15, 0.2) is 28.7 Å². The molecule has 1 heterocycles. The van der Waals surface area contributed by atoms with Crippen LogP contribution in [0.25, 0.3) is 0 Å². The van der Waals surface area contributed by atoms with Crippen LogP contribution in [0.1, 0.15) is 18.1 Å². The van der Waals surface area contributed by atoms with Crippen molar-refractivity contribution in [3.63, 3.8) is 0 Å². The molecule has 1 aromatic rings. The lowest BCUT2D eigenvalue weighted by molar-refractivity contribution is -0.143. The van der Waals surface area contributed by atoms with Crippen molar-refractivity contribution in [2.45, 2.75) is 12.5 Å². The number of hydrogen-bond acceptors (Lipinski definition) is 2. The van der Waals surface area contributed by atoms with Crippen molar-refractivity contribution in [2.24, 2.45) is 5.92 Å². The third kappa shape index (κ3) is 2.21. The van der Waals surface area contributed by atoms with Gasteiger partial charge in [-0.15, -0.1) is 0 Å². The molecule has 2 rings (SSSR count). The van der Waals surface area contributed by atoms with Crippen LogP contribution in [0.4, 0.5) is 0 Å². The van der Waals surface area contributed by atoms with Crippen molar-refractivity contribution in [2.75, 3.05) is 6.61 Å². The molecule has 1 aliphatic rings. The maximum atomic E-state index is 11.0. The lowest BCUT2D eigenvalue weighted by atomic mass is 9.96. The number of halogens is 1. The van der Waals surface area contributed by atoms with Gasteiger partial charge in [0, 0.05) is 11.1 Å². The SMILES string of the molecule is O=C(O)C1CCOC1c1ccc(Br)cc1. The molecule has 0 amide bonds. The van der Waals surface area contributed by atoms with E-state index in [0.717, 1.165) is 10.0 Å². The summed E-state index contributed by atoms with van der Waals surface area (Å²) in [5, 5.41) is 9.01. The van der Waals surface area contributed by atoms with Crippen LogP contribution in [-0.4, -0.2) is 17.7 Å². The minimum Gasteiger partial charge on any atom is -0.481 e. The summed E-state index contributed by atoms with van der Waals surface area (Å²) < 4.78 is 6.44. The van der Waals surface area contributed by atoms with Gasteiger partial charge in [-0.25, -0.2) is 0 Å². The maximum Gasteiger partial charge on any atom is 0.309 e. The highest BCUT2D eigenvalue weighted by Gasteiger charge is 2.34. The molecule has 3 nitrogen and oxygen atoms in total. The number of rotatable bonds is 2. The second kappa shape index (κ2) is 4.33. The second-order valence-electron chi connectivity index (χ2n) is 3.58. The van der Waals surface area contributed by atoms with Crippen LogP contribution >= 0.6 is 15.9 Å². The fourth-order valence-electron chi connectivity index (χ4n) is 1.82. The third-order valence-electron chi connectivity index (χ3n) is 2.61. The van der Waals surface area contributed by atoms with Crippen molar-refractivity contribution < 1.29 is 14.6 Å². The van der Waals surface area contributed by atoms with Crippen LogP contribution in [0.5, 0.6) is 0 Å². The molecule has 1 aliphatic heterocycles. The second-order valence-corrected chi connectivity index (χ2v) is 4.49. The number of ether oxygens (including phenoxy) is 1. The van der Waals surface area contributed by atoms with E-state index in [9.17, 15) is 4.79 Å². The third-order valence-corrected chi connectivity index (χ3v) is 3.14. The number of hydrogen-bond donors (Lipinski definition) is 1. The molecule has 0 aliphatic carbocycles. The largest absolute Gasteiger partial charge is 0.481 e. The van der Waals surface area contributed by atoms with E-state index >= 15 is 0 Å². The van der Waals surface area contributed by atoms with Gasteiger partial charge in [-0.2, -0.15) is 0 Å². The van der Waals surface area contributed by atoms with E-state index < -0.39 is 11.9 Å². The standard InChI is InChI=1S/C11H11BrO3/c12-8-3-1-7(2-4-8)10-9(11(13)14)5-6-15-10/h1-4,9-10H,5-6H2,(H,13,14). The van der Waals surface area contributed by atoms with Crippen molar-refractivity contribution in [3.05, 3.63) is 34.3 Å². The summed E-state index contributed by atoms with van der Waals surface area (Å²) >= 11 is 3.34. The van der Waals surface area contributed by atoms with Gasteiger partial charge in [0.2, 0.25) is 0 Å². The number of carboxylic acids is 1. The van der Waals surface area contributed by atoms with Gasteiger partial charge in [-0.1, -0.05) is 28.1 Å². The summed E-state index contributed by atoms with van der Waals surface area (Å²) in [7, 11) is 0. The average molecular weight is 271 g/mol. The highest BCUT2D eigenvalue weighted by molar-refractivity contribution is 9.10. The van der Waals surface area contributed by atoms with Crippen LogP contribution in [0, 0.1) is 5.92 Å². The molecule has 2 unspecified atom stereocenters. The molecule has 80 valence electrons. The van der Waals surface area contributed by atoms with Crippen LogP contribution in [-0.2, 0) is 9.53 Å². The molecule has 15 heavy (non-hydrogen) atoms. The summed E-state index contributed by atoms with van der Waals surface area (Å²) in [6, 6.07) is 7.60. The molecule has 4 heteroatoms. The molecule has 0 radical (unpaired) electrons. The Kier molecular flexibility index (Phi) is 3.07. The molecule has 1 N–H and O–H groups in total. The monoisotopic (exact) mass is 270 g/mol. The van der Waals surface area contributed by atoms with Gasteiger partial charge >= 0.3 is 5.97 Å². The molecule has 0 bridgehead atoms. The number of carboxylic acid groups (broad SMARTS) is 1. The van der Waals surface area contributed by atoms with Crippen LogP contribution < -0.4 is 0 Å². The number of aliphatic carboxylic acids is 1. The lowest BCUT2D eigenvalue weighted by Gasteiger charge is -2.15. The number of carbonyl (C=O) groups is 1. The van der Waals surface area contributed by atoms with E-state index in [1.165, 1.54) is 0 Å². The zero-order valence-corrected chi connectivity index (χ0v) is 9.61. The predicted octanol–water partition coefficient (Wildman–Crippen LogP) is 2.61. The normalized spacial score (nSPS) is 25.4. The van der Waals surface area contributed by atoms with Gasteiger partial charge < -0.3 is 9.84 Å². The Morgan fingerprint density at radius 3 is 2.67 bits per heavy atom. The first-order valence-corrected chi connectivity index (χ1v) is 5.57. The minimum absolute atomic E-state index is 0.296. The van der Waals surface area contributed by atoms with Crippen LogP contribution in [0.2, 0.25) is 0 Å². The highest BCUT2D eigenvalue weighted by Crippen LogP contribution is 2.34. The fraction of sp³-hybridized carbons (Fsp3) is 0.364. The summed E-state index contributed by atoms with van der Waals surface area (Å²) in [6.45, 7) is 0.525. The molecule has 0 aromatic heterocycles. The first-order chi connectivity index (χ1) is 7.18. The zero-order chi connectivity index (χ0) is 10.8. The van der Waals surface area contributed by atoms with E-state index in [1.54, 1.807) is 0 Å². The van der Waals surface area contributed by atoms with E-state index in [-0.39, 0.29) is 6.10 Å². The van der Waals surface area contributed by atoms with Crippen LogP contribution in [0.3, 0.4) is 0 Å². The molecule has 0 saturated carbocycles. The smallest absolute Gasteiger partial charge is 0.309 e. The molecule has 2 atom stereocenters. The van der Waals surface area contributed by atoms with Crippen molar-refractivity contribution in [3.8, 4) is 0 Å². The van der Waals surface area contributed by atoms with E-state index in [2.05, 4.69) is 15.9 Å². The van der Waals surface area contributed by atoms with E-state index in [0.29, 0.717) is 13.0 Å². The summed E-state index contributed by atoms with van der Waals surface area (Å²) in [6.07, 6.45) is 0.298. The van der Waals surface area contributed by atoms with Crippen molar-refractivity contribution in [1.82, 2.24) is 0 Å². The van der Waals surface area contributed by atoms with E-state index in [1.807, 2.05) is 24.3 Å². The summed E-state index contributed by atoms with van der Waals surface area (Å²) in [5.41, 5.74) is 0.933. The van der Waals surface area contributed by atoms with Crippen molar-refractivity contribution >= 4 is 21.9 Å². The predicted molar refractivity (Wildman–Crippen MR) is 58.6 cm³/mol. The first-order valence-electron chi connectivity index (χ1n) is 4.78. The average Bonchev–Trinajstić information content (AvgIpc) is 2.67. The zero-order valence-electron chi connectivity index (χ0n) is 8.02. The first kappa shape index (κ1) is 10.6. The maximum absolute atomic E-state index is 11.0. The Balaban J connectivity index is 2.22. The molecular formula is C11H11BrO3. The molecular weight excluding hydrogens is 260 g/mol. The Labute approximate surface area is 96.2 Å². The number of benzene rings is 1. The summed E-state index contributed by atoms with van der Waals surface area (Å²) in [5.74, 6) is -1.19. The van der Waals surface area contributed by atoms with Gasteiger partial charge in [-0.3, -0.25) is 4.79 Å². The molecule has 1 saturated heterocycles. The lowest BCUT2D eigenvalue weighted by Crippen LogP contribution is -2.17. The van der Waals surface area contributed by atoms with Gasteiger partial charge in [0.25, 0.3) is 0 Å². The topological polar surface area (TPSA) is 46.5 Å². The summed E-state index contributed by atoms with van der Waals surface area (Å²) in [4.78, 5) is 11.0. The minimum atomic E-state index is -0.777.